The van der Waals surface area contributed by atoms with E-state index in [0.717, 1.165) is 42.8 Å². The fourth-order valence-electron chi connectivity index (χ4n) is 3.93. The second-order valence-electron chi connectivity index (χ2n) is 7.43. The molecule has 7 heteroatoms. The normalized spacial score (nSPS) is 16.7. The van der Waals surface area contributed by atoms with Gasteiger partial charge in [0.25, 0.3) is 0 Å². The van der Waals surface area contributed by atoms with Crippen LogP contribution < -0.4 is 10.2 Å². The molecule has 2 heterocycles. The lowest BCUT2D eigenvalue weighted by Crippen LogP contribution is -2.51. The topological polar surface area (TPSA) is 68.6 Å². The highest BCUT2D eigenvalue weighted by atomic mass is 16.6. The lowest BCUT2D eigenvalue weighted by Gasteiger charge is -2.37. The van der Waals surface area contributed by atoms with Gasteiger partial charge in [-0.15, -0.1) is 0 Å². The SMILES string of the molecule is CCC1CNCCN1c1cccc(-n2cnc3cc(C(=O)OCCOC)ccc32)c1. The third-order valence-corrected chi connectivity index (χ3v) is 5.56. The summed E-state index contributed by atoms with van der Waals surface area (Å²) in [5.74, 6) is -0.366. The van der Waals surface area contributed by atoms with E-state index in [0.29, 0.717) is 18.2 Å². The van der Waals surface area contributed by atoms with Gasteiger partial charge in [0.15, 0.2) is 0 Å². The van der Waals surface area contributed by atoms with Gasteiger partial charge < -0.3 is 19.7 Å². The number of hydrogen-bond acceptors (Lipinski definition) is 6. The molecule has 0 bridgehead atoms. The molecule has 0 saturated carbocycles. The van der Waals surface area contributed by atoms with Crippen molar-refractivity contribution < 1.29 is 14.3 Å². The molecule has 1 aromatic heterocycles. The number of benzene rings is 2. The number of rotatable bonds is 7. The summed E-state index contributed by atoms with van der Waals surface area (Å²) in [6, 6.07) is 14.5. The van der Waals surface area contributed by atoms with E-state index in [9.17, 15) is 4.79 Å². The van der Waals surface area contributed by atoms with Crippen LogP contribution in [0.25, 0.3) is 16.7 Å². The number of methoxy groups -OCH3 is 1. The Hall–Kier alpha value is -2.90. The molecule has 1 N–H and O–H groups in total. The molecule has 0 spiro atoms. The highest BCUT2D eigenvalue weighted by Crippen LogP contribution is 2.26. The summed E-state index contributed by atoms with van der Waals surface area (Å²) in [5.41, 5.74) is 4.48. The van der Waals surface area contributed by atoms with E-state index in [2.05, 4.69) is 51.0 Å². The molecule has 1 atom stereocenters. The minimum atomic E-state index is -0.366. The third-order valence-electron chi connectivity index (χ3n) is 5.56. The van der Waals surface area contributed by atoms with Gasteiger partial charge in [0.1, 0.15) is 12.9 Å². The van der Waals surface area contributed by atoms with Crippen LogP contribution in [0.5, 0.6) is 0 Å². The van der Waals surface area contributed by atoms with E-state index in [4.69, 9.17) is 9.47 Å². The number of esters is 1. The standard InChI is InChI=1S/C23H28N4O3/c1-3-18-15-24-9-10-26(18)19-5-4-6-20(14-19)27-16-25-21-13-17(7-8-22(21)27)23(28)30-12-11-29-2/h4-8,13-14,16,18,24H,3,9-12,15H2,1-2H3. The molecule has 1 aliphatic heterocycles. The van der Waals surface area contributed by atoms with Crippen LogP contribution in [0.4, 0.5) is 5.69 Å². The van der Waals surface area contributed by atoms with E-state index in [1.807, 2.05) is 6.07 Å². The molecule has 4 rings (SSSR count). The van der Waals surface area contributed by atoms with Gasteiger partial charge in [-0.05, 0) is 42.8 Å². The van der Waals surface area contributed by atoms with Crippen LogP contribution in [0, 0.1) is 0 Å². The quantitative estimate of drug-likeness (QED) is 0.479. The highest BCUT2D eigenvalue weighted by molar-refractivity contribution is 5.94. The second kappa shape index (κ2) is 9.28. The Morgan fingerprint density at radius 1 is 1.20 bits per heavy atom. The number of fused-ring (bicyclic) bond motifs is 1. The molecular weight excluding hydrogens is 380 g/mol. The van der Waals surface area contributed by atoms with Gasteiger partial charge in [0, 0.05) is 44.2 Å². The maximum absolute atomic E-state index is 12.2. The van der Waals surface area contributed by atoms with Gasteiger partial charge in [-0.2, -0.15) is 0 Å². The minimum Gasteiger partial charge on any atom is -0.460 e. The molecule has 7 nitrogen and oxygen atoms in total. The number of carbonyl (C=O) groups is 1. The Morgan fingerprint density at radius 3 is 2.90 bits per heavy atom. The van der Waals surface area contributed by atoms with E-state index < -0.39 is 0 Å². The number of imidazole rings is 1. The van der Waals surface area contributed by atoms with Crippen LogP contribution in [0.2, 0.25) is 0 Å². The van der Waals surface area contributed by atoms with Crippen molar-refractivity contribution in [1.82, 2.24) is 14.9 Å². The summed E-state index contributed by atoms with van der Waals surface area (Å²) in [6.45, 7) is 5.86. The zero-order valence-electron chi connectivity index (χ0n) is 17.5. The zero-order chi connectivity index (χ0) is 20.9. The van der Waals surface area contributed by atoms with Crippen molar-refractivity contribution in [1.29, 1.82) is 0 Å². The van der Waals surface area contributed by atoms with Crippen molar-refractivity contribution >= 4 is 22.7 Å². The number of anilines is 1. The molecule has 30 heavy (non-hydrogen) atoms. The van der Waals surface area contributed by atoms with Gasteiger partial charge >= 0.3 is 5.97 Å². The maximum atomic E-state index is 12.2. The monoisotopic (exact) mass is 408 g/mol. The molecule has 1 fully saturated rings. The number of aromatic nitrogens is 2. The highest BCUT2D eigenvalue weighted by Gasteiger charge is 2.21. The molecule has 1 saturated heterocycles. The molecule has 0 aliphatic carbocycles. The first-order valence-electron chi connectivity index (χ1n) is 10.4. The maximum Gasteiger partial charge on any atom is 0.338 e. The number of nitrogens with zero attached hydrogens (tertiary/aromatic N) is 3. The van der Waals surface area contributed by atoms with Gasteiger partial charge in [-0.1, -0.05) is 13.0 Å². The summed E-state index contributed by atoms with van der Waals surface area (Å²) in [5, 5.41) is 3.48. The fraction of sp³-hybridized carbons (Fsp3) is 0.391. The number of piperazine rings is 1. The Labute approximate surface area is 176 Å². The first-order chi connectivity index (χ1) is 14.7. The first kappa shape index (κ1) is 20.4. The molecule has 3 aromatic rings. The van der Waals surface area contributed by atoms with Crippen LogP contribution in [0.3, 0.4) is 0 Å². The van der Waals surface area contributed by atoms with E-state index >= 15 is 0 Å². The summed E-state index contributed by atoms with van der Waals surface area (Å²) < 4.78 is 12.2. The number of ether oxygens (including phenoxy) is 2. The summed E-state index contributed by atoms with van der Waals surface area (Å²) in [7, 11) is 1.58. The van der Waals surface area contributed by atoms with Crippen LogP contribution >= 0.6 is 0 Å². The number of carbonyl (C=O) groups excluding carboxylic acids is 1. The third kappa shape index (κ3) is 4.17. The molecule has 158 valence electrons. The minimum absolute atomic E-state index is 0.235. The Morgan fingerprint density at radius 2 is 2.07 bits per heavy atom. The van der Waals surface area contributed by atoms with Crippen molar-refractivity contribution in [2.24, 2.45) is 0 Å². The smallest absolute Gasteiger partial charge is 0.338 e. The molecule has 0 amide bonds. The number of nitrogens with one attached hydrogen (secondary N) is 1. The zero-order valence-corrected chi connectivity index (χ0v) is 17.5. The van der Waals surface area contributed by atoms with Crippen LogP contribution in [-0.4, -0.2) is 61.5 Å². The second-order valence-corrected chi connectivity index (χ2v) is 7.43. The fourth-order valence-corrected chi connectivity index (χ4v) is 3.93. The van der Waals surface area contributed by atoms with E-state index in [1.54, 1.807) is 25.6 Å². The lowest BCUT2D eigenvalue weighted by molar-refractivity contribution is 0.0388. The van der Waals surface area contributed by atoms with Crippen molar-refractivity contribution in [2.75, 3.05) is 44.9 Å². The largest absolute Gasteiger partial charge is 0.460 e. The summed E-state index contributed by atoms with van der Waals surface area (Å²) >= 11 is 0. The van der Waals surface area contributed by atoms with Crippen LogP contribution in [0.1, 0.15) is 23.7 Å². The number of hydrogen-bond donors (Lipinski definition) is 1. The van der Waals surface area contributed by atoms with E-state index in [1.165, 1.54) is 5.69 Å². The summed E-state index contributed by atoms with van der Waals surface area (Å²) in [6.07, 6.45) is 2.91. The lowest BCUT2D eigenvalue weighted by atomic mass is 10.1. The molecule has 0 radical (unpaired) electrons. The van der Waals surface area contributed by atoms with Crippen molar-refractivity contribution in [2.45, 2.75) is 19.4 Å². The molecule has 2 aromatic carbocycles. The molecule has 1 unspecified atom stereocenters. The molecule has 1 aliphatic rings. The van der Waals surface area contributed by atoms with Crippen molar-refractivity contribution in [3.05, 3.63) is 54.4 Å². The van der Waals surface area contributed by atoms with Crippen LogP contribution in [-0.2, 0) is 9.47 Å². The average molecular weight is 409 g/mol. The molecular formula is C23H28N4O3. The summed E-state index contributed by atoms with van der Waals surface area (Å²) in [4.78, 5) is 19.2. The van der Waals surface area contributed by atoms with Crippen molar-refractivity contribution in [3.8, 4) is 5.69 Å². The Bertz CT molecular complexity index is 1020. The van der Waals surface area contributed by atoms with Gasteiger partial charge in [-0.25, -0.2) is 9.78 Å². The van der Waals surface area contributed by atoms with Crippen LogP contribution in [0.15, 0.2) is 48.8 Å². The predicted octanol–water partition coefficient (Wildman–Crippen LogP) is 3.02. The van der Waals surface area contributed by atoms with Crippen molar-refractivity contribution in [3.63, 3.8) is 0 Å². The Balaban J connectivity index is 1.60. The van der Waals surface area contributed by atoms with Gasteiger partial charge in [0.2, 0.25) is 0 Å². The van der Waals surface area contributed by atoms with Gasteiger partial charge in [0.05, 0.1) is 23.2 Å². The first-order valence-corrected chi connectivity index (χ1v) is 10.4. The van der Waals surface area contributed by atoms with Gasteiger partial charge in [-0.3, -0.25) is 4.57 Å². The van der Waals surface area contributed by atoms with E-state index in [-0.39, 0.29) is 12.6 Å². The average Bonchev–Trinajstić information content (AvgIpc) is 3.22. The Kier molecular flexibility index (Phi) is 6.30. The predicted molar refractivity (Wildman–Crippen MR) is 118 cm³/mol.